The van der Waals surface area contributed by atoms with Gasteiger partial charge in [0, 0.05) is 30.5 Å². The second-order valence-electron chi connectivity index (χ2n) is 5.32. The Labute approximate surface area is 129 Å². The van der Waals surface area contributed by atoms with Gasteiger partial charge in [-0.05, 0) is 23.8 Å². The molecular formula is C16H20N4O2. The highest BCUT2D eigenvalue weighted by atomic mass is 16.2. The van der Waals surface area contributed by atoms with E-state index in [9.17, 15) is 9.59 Å². The molecule has 2 N–H and O–H groups in total. The van der Waals surface area contributed by atoms with Gasteiger partial charge in [0.1, 0.15) is 6.54 Å². The first kappa shape index (κ1) is 15.8. The lowest BCUT2D eigenvalue weighted by Crippen LogP contribution is -2.27. The number of carbonyl (C=O) groups is 2. The number of amides is 2. The van der Waals surface area contributed by atoms with Gasteiger partial charge in [-0.1, -0.05) is 26.0 Å². The van der Waals surface area contributed by atoms with Crippen LogP contribution in [0, 0.1) is 5.92 Å². The quantitative estimate of drug-likeness (QED) is 0.854. The predicted molar refractivity (Wildman–Crippen MR) is 84.0 cm³/mol. The van der Waals surface area contributed by atoms with E-state index in [1.165, 1.54) is 0 Å². The molecular weight excluding hydrogens is 280 g/mol. The maximum atomic E-state index is 11.8. The SMILES string of the molecule is CC(C)C(=O)Nc1cccc(CNC(=O)Cn2cccn2)c1. The summed E-state index contributed by atoms with van der Waals surface area (Å²) in [7, 11) is 0. The molecule has 0 aliphatic heterocycles. The zero-order valence-electron chi connectivity index (χ0n) is 12.7. The van der Waals surface area contributed by atoms with Crippen LogP contribution in [0.3, 0.4) is 0 Å². The molecule has 6 nitrogen and oxygen atoms in total. The number of nitrogens with zero attached hydrogens (tertiary/aromatic N) is 2. The summed E-state index contributed by atoms with van der Waals surface area (Å²) in [5.74, 6) is -0.211. The Kier molecular flexibility index (Phi) is 5.30. The van der Waals surface area contributed by atoms with Crippen LogP contribution in [-0.2, 0) is 22.7 Å². The van der Waals surface area contributed by atoms with Gasteiger partial charge in [-0.15, -0.1) is 0 Å². The highest BCUT2D eigenvalue weighted by Crippen LogP contribution is 2.11. The van der Waals surface area contributed by atoms with Crippen LogP contribution in [0.15, 0.2) is 42.7 Å². The third-order valence-corrected chi connectivity index (χ3v) is 3.07. The number of hydrogen-bond donors (Lipinski definition) is 2. The Morgan fingerprint density at radius 2 is 2.09 bits per heavy atom. The van der Waals surface area contributed by atoms with Crippen LogP contribution in [0.4, 0.5) is 5.69 Å². The van der Waals surface area contributed by atoms with Crippen molar-refractivity contribution >= 4 is 17.5 Å². The van der Waals surface area contributed by atoms with Crippen molar-refractivity contribution in [3.8, 4) is 0 Å². The molecule has 0 atom stereocenters. The number of rotatable bonds is 6. The lowest BCUT2D eigenvalue weighted by molar-refractivity contribution is -0.122. The summed E-state index contributed by atoms with van der Waals surface area (Å²) in [6.45, 7) is 4.28. The largest absolute Gasteiger partial charge is 0.350 e. The van der Waals surface area contributed by atoms with Crippen LogP contribution in [0.5, 0.6) is 0 Å². The average molecular weight is 300 g/mol. The van der Waals surface area contributed by atoms with Gasteiger partial charge in [0.2, 0.25) is 11.8 Å². The van der Waals surface area contributed by atoms with Gasteiger partial charge >= 0.3 is 0 Å². The lowest BCUT2D eigenvalue weighted by Gasteiger charge is -2.10. The fourth-order valence-corrected chi connectivity index (χ4v) is 1.84. The standard InChI is InChI=1S/C16H20N4O2/c1-12(2)16(22)19-14-6-3-5-13(9-14)10-17-15(21)11-20-8-4-7-18-20/h3-9,12H,10-11H2,1-2H3,(H,17,21)(H,19,22). The predicted octanol–water partition coefficient (Wildman–Crippen LogP) is 1.79. The number of anilines is 1. The molecule has 0 aliphatic rings. The van der Waals surface area contributed by atoms with E-state index in [-0.39, 0.29) is 24.3 Å². The molecule has 0 unspecified atom stereocenters. The third-order valence-electron chi connectivity index (χ3n) is 3.07. The summed E-state index contributed by atoms with van der Waals surface area (Å²) < 4.78 is 1.56. The van der Waals surface area contributed by atoms with E-state index < -0.39 is 0 Å². The van der Waals surface area contributed by atoms with Gasteiger partial charge < -0.3 is 10.6 Å². The first-order chi connectivity index (χ1) is 10.5. The first-order valence-corrected chi connectivity index (χ1v) is 7.18. The summed E-state index contributed by atoms with van der Waals surface area (Å²) in [6.07, 6.45) is 3.37. The van der Waals surface area contributed by atoms with E-state index in [1.54, 1.807) is 23.1 Å². The van der Waals surface area contributed by atoms with Crippen molar-refractivity contribution in [1.82, 2.24) is 15.1 Å². The zero-order chi connectivity index (χ0) is 15.9. The van der Waals surface area contributed by atoms with Crippen molar-refractivity contribution in [1.29, 1.82) is 0 Å². The number of nitrogens with one attached hydrogen (secondary N) is 2. The first-order valence-electron chi connectivity index (χ1n) is 7.18. The van der Waals surface area contributed by atoms with E-state index in [0.29, 0.717) is 6.54 Å². The Morgan fingerprint density at radius 1 is 1.27 bits per heavy atom. The average Bonchev–Trinajstić information content (AvgIpc) is 2.98. The molecule has 0 bridgehead atoms. The fraction of sp³-hybridized carbons (Fsp3) is 0.312. The van der Waals surface area contributed by atoms with Crippen LogP contribution in [0.25, 0.3) is 0 Å². The lowest BCUT2D eigenvalue weighted by atomic mass is 10.1. The molecule has 2 aromatic rings. The summed E-state index contributed by atoms with van der Waals surface area (Å²) in [6, 6.07) is 9.21. The van der Waals surface area contributed by atoms with Crippen LogP contribution in [-0.4, -0.2) is 21.6 Å². The molecule has 0 spiro atoms. The monoisotopic (exact) mass is 300 g/mol. The molecule has 1 aromatic heterocycles. The van der Waals surface area contributed by atoms with E-state index in [4.69, 9.17) is 0 Å². The van der Waals surface area contributed by atoms with Crippen molar-refractivity contribution in [3.63, 3.8) is 0 Å². The van der Waals surface area contributed by atoms with Crippen LogP contribution < -0.4 is 10.6 Å². The van der Waals surface area contributed by atoms with Gasteiger partial charge in [-0.2, -0.15) is 5.10 Å². The number of hydrogen-bond acceptors (Lipinski definition) is 3. The molecule has 0 saturated heterocycles. The fourth-order valence-electron chi connectivity index (χ4n) is 1.84. The highest BCUT2D eigenvalue weighted by Gasteiger charge is 2.07. The molecule has 2 rings (SSSR count). The van der Waals surface area contributed by atoms with E-state index >= 15 is 0 Å². The number of aromatic nitrogens is 2. The molecule has 0 aliphatic carbocycles. The molecule has 1 aromatic carbocycles. The summed E-state index contributed by atoms with van der Waals surface area (Å²) in [4.78, 5) is 23.5. The van der Waals surface area contributed by atoms with Gasteiger partial charge in [0.25, 0.3) is 0 Å². The molecule has 0 radical (unpaired) electrons. The second-order valence-corrected chi connectivity index (χ2v) is 5.32. The van der Waals surface area contributed by atoms with Gasteiger partial charge in [-0.3, -0.25) is 14.3 Å². The van der Waals surface area contributed by atoms with Crippen molar-refractivity contribution in [2.45, 2.75) is 26.9 Å². The minimum Gasteiger partial charge on any atom is -0.350 e. The highest BCUT2D eigenvalue weighted by molar-refractivity contribution is 5.92. The van der Waals surface area contributed by atoms with E-state index in [1.807, 2.05) is 38.1 Å². The van der Waals surface area contributed by atoms with Crippen molar-refractivity contribution in [3.05, 3.63) is 48.3 Å². The molecule has 1 heterocycles. The van der Waals surface area contributed by atoms with Crippen molar-refractivity contribution in [2.75, 3.05) is 5.32 Å². The number of carbonyl (C=O) groups excluding carboxylic acids is 2. The van der Waals surface area contributed by atoms with Crippen LogP contribution in [0.2, 0.25) is 0 Å². The van der Waals surface area contributed by atoms with Crippen LogP contribution >= 0.6 is 0 Å². The van der Waals surface area contributed by atoms with E-state index in [0.717, 1.165) is 11.3 Å². The molecule has 116 valence electrons. The van der Waals surface area contributed by atoms with E-state index in [2.05, 4.69) is 15.7 Å². The summed E-state index contributed by atoms with van der Waals surface area (Å²) in [5, 5.41) is 9.65. The number of benzene rings is 1. The van der Waals surface area contributed by atoms with Crippen molar-refractivity contribution < 1.29 is 9.59 Å². The van der Waals surface area contributed by atoms with Crippen molar-refractivity contribution in [2.24, 2.45) is 5.92 Å². The normalized spacial score (nSPS) is 10.5. The minimum absolute atomic E-state index is 0.0279. The Hall–Kier alpha value is -2.63. The smallest absolute Gasteiger partial charge is 0.241 e. The zero-order valence-corrected chi connectivity index (χ0v) is 12.7. The summed E-state index contributed by atoms with van der Waals surface area (Å²) >= 11 is 0. The minimum atomic E-state index is -0.111. The molecule has 0 fully saturated rings. The Bertz CT molecular complexity index is 635. The summed E-state index contributed by atoms with van der Waals surface area (Å²) in [5.41, 5.74) is 1.66. The Balaban J connectivity index is 1.87. The molecule has 2 amide bonds. The Morgan fingerprint density at radius 3 is 2.77 bits per heavy atom. The molecule has 0 saturated carbocycles. The second kappa shape index (κ2) is 7.40. The van der Waals surface area contributed by atoms with Gasteiger partial charge in [-0.25, -0.2) is 0 Å². The molecule has 6 heteroatoms. The topological polar surface area (TPSA) is 76.0 Å². The third kappa shape index (κ3) is 4.73. The molecule has 22 heavy (non-hydrogen) atoms. The van der Waals surface area contributed by atoms with Gasteiger partial charge in [0.05, 0.1) is 0 Å². The van der Waals surface area contributed by atoms with Gasteiger partial charge in [0.15, 0.2) is 0 Å². The maximum Gasteiger partial charge on any atom is 0.241 e. The maximum absolute atomic E-state index is 11.8. The van der Waals surface area contributed by atoms with Crippen LogP contribution in [0.1, 0.15) is 19.4 Å².